The van der Waals surface area contributed by atoms with Gasteiger partial charge in [0.2, 0.25) is 5.91 Å². The van der Waals surface area contributed by atoms with Gasteiger partial charge in [-0.05, 0) is 12.1 Å². The summed E-state index contributed by atoms with van der Waals surface area (Å²) in [5, 5.41) is 2.46. The Morgan fingerprint density at radius 3 is 2.44 bits per heavy atom. The molecule has 0 aromatic heterocycles. The summed E-state index contributed by atoms with van der Waals surface area (Å²) in [6.45, 7) is 0. The minimum absolute atomic E-state index is 0.161. The van der Waals surface area contributed by atoms with Crippen molar-refractivity contribution in [3.05, 3.63) is 29.8 Å². The molecule has 0 spiro atoms. The largest absolute Gasteiger partial charge is 0.366 e. The Hall–Kier alpha value is -1.89. The fourth-order valence-electron chi connectivity index (χ4n) is 1.30. The minimum Gasteiger partial charge on any atom is -0.366 e. The van der Waals surface area contributed by atoms with E-state index in [1.54, 1.807) is 12.1 Å². The smallest absolute Gasteiger partial charge is 0.250 e. The molecule has 0 bridgehead atoms. The second-order valence-corrected chi connectivity index (χ2v) is 6.10. The summed E-state index contributed by atoms with van der Waals surface area (Å²) in [5.41, 5.74) is 5.61. The molecule has 6 nitrogen and oxygen atoms in total. The second-order valence-electron chi connectivity index (χ2n) is 3.84. The van der Waals surface area contributed by atoms with Crippen molar-refractivity contribution in [3.63, 3.8) is 0 Å². The molecule has 1 rings (SSSR count). The second kappa shape index (κ2) is 5.63. The average molecular weight is 270 g/mol. The van der Waals surface area contributed by atoms with Crippen LogP contribution in [-0.4, -0.2) is 32.2 Å². The summed E-state index contributed by atoms with van der Waals surface area (Å²) in [6, 6.07) is 6.26. The number of primary amides is 1. The number of anilines is 1. The van der Waals surface area contributed by atoms with Gasteiger partial charge in [0, 0.05) is 12.7 Å². The molecule has 1 aromatic carbocycles. The summed E-state index contributed by atoms with van der Waals surface area (Å²) in [7, 11) is -3.19. The summed E-state index contributed by atoms with van der Waals surface area (Å²) >= 11 is 0. The molecular weight excluding hydrogens is 256 g/mol. The number of benzene rings is 1. The highest BCUT2D eigenvalue weighted by atomic mass is 32.2. The van der Waals surface area contributed by atoms with E-state index in [1.807, 2.05) is 0 Å². The van der Waals surface area contributed by atoms with Crippen LogP contribution in [0.4, 0.5) is 5.69 Å². The van der Waals surface area contributed by atoms with Crippen LogP contribution < -0.4 is 11.1 Å². The van der Waals surface area contributed by atoms with E-state index in [1.165, 1.54) is 12.1 Å². The molecule has 3 N–H and O–H groups in total. The molecule has 98 valence electrons. The molecule has 0 unspecified atom stereocenters. The van der Waals surface area contributed by atoms with Gasteiger partial charge in [0.15, 0.2) is 0 Å². The number of nitrogens with two attached hydrogens (primary N) is 1. The minimum atomic E-state index is -3.19. The van der Waals surface area contributed by atoms with E-state index < -0.39 is 21.7 Å². The first-order chi connectivity index (χ1) is 8.29. The van der Waals surface area contributed by atoms with E-state index in [9.17, 15) is 18.0 Å². The Kier molecular flexibility index (Phi) is 4.43. The van der Waals surface area contributed by atoms with Gasteiger partial charge in [-0.1, -0.05) is 12.1 Å². The van der Waals surface area contributed by atoms with E-state index in [0.717, 1.165) is 6.26 Å². The van der Waals surface area contributed by atoms with Crippen LogP contribution in [0.3, 0.4) is 0 Å². The van der Waals surface area contributed by atoms with Gasteiger partial charge in [-0.25, -0.2) is 8.42 Å². The number of rotatable bonds is 5. The molecule has 0 aliphatic rings. The fourth-order valence-corrected chi connectivity index (χ4v) is 1.85. The third-order valence-electron chi connectivity index (χ3n) is 2.17. The van der Waals surface area contributed by atoms with Gasteiger partial charge in [0.25, 0.3) is 5.91 Å². The first-order valence-corrected chi connectivity index (χ1v) is 7.22. The molecule has 0 fully saturated rings. The zero-order chi connectivity index (χ0) is 13.8. The number of nitrogens with one attached hydrogen (secondary N) is 1. The molecule has 18 heavy (non-hydrogen) atoms. The van der Waals surface area contributed by atoms with Crippen molar-refractivity contribution in [2.75, 3.05) is 17.3 Å². The van der Waals surface area contributed by atoms with Crippen molar-refractivity contribution in [2.24, 2.45) is 5.73 Å². The van der Waals surface area contributed by atoms with Gasteiger partial charge in [-0.3, -0.25) is 9.59 Å². The molecule has 7 heteroatoms. The predicted molar refractivity (Wildman–Crippen MR) is 67.9 cm³/mol. The SMILES string of the molecule is CS(=O)(=O)CCC(=O)Nc1ccccc1C(N)=O. The third-order valence-corrected chi connectivity index (χ3v) is 3.11. The van der Waals surface area contributed by atoms with Gasteiger partial charge in [-0.15, -0.1) is 0 Å². The number of para-hydroxylation sites is 1. The molecule has 0 saturated heterocycles. The van der Waals surface area contributed by atoms with E-state index in [-0.39, 0.29) is 23.4 Å². The lowest BCUT2D eigenvalue weighted by atomic mass is 10.1. The van der Waals surface area contributed by atoms with E-state index in [2.05, 4.69) is 5.32 Å². The molecule has 0 saturated carbocycles. The third kappa shape index (κ3) is 4.54. The molecule has 0 atom stereocenters. The quantitative estimate of drug-likeness (QED) is 0.794. The number of hydrogen-bond donors (Lipinski definition) is 2. The lowest BCUT2D eigenvalue weighted by Gasteiger charge is -2.08. The van der Waals surface area contributed by atoms with E-state index >= 15 is 0 Å². The number of hydrogen-bond acceptors (Lipinski definition) is 4. The topological polar surface area (TPSA) is 106 Å². The van der Waals surface area contributed by atoms with Crippen molar-refractivity contribution in [1.82, 2.24) is 0 Å². The molecule has 0 aliphatic heterocycles. The van der Waals surface area contributed by atoms with Crippen molar-refractivity contribution < 1.29 is 18.0 Å². The predicted octanol–water partition coefficient (Wildman–Crippen LogP) is 0.159. The Labute approximate surface area is 105 Å². The molecule has 0 aliphatic carbocycles. The van der Waals surface area contributed by atoms with E-state index in [0.29, 0.717) is 0 Å². The normalized spacial score (nSPS) is 10.9. The highest BCUT2D eigenvalue weighted by molar-refractivity contribution is 7.90. The van der Waals surface area contributed by atoms with Crippen LogP contribution in [0.5, 0.6) is 0 Å². The Balaban J connectivity index is 2.73. The molecule has 0 heterocycles. The van der Waals surface area contributed by atoms with Crippen LogP contribution in [-0.2, 0) is 14.6 Å². The average Bonchev–Trinajstić information content (AvgIpc) is 2.26. The molecule has 1 aromatic rings. The Morgan fingerprint density at radius 2 is 1.89 bits per heavy atom. The van der Waals surface area contributed by atoms with Gasteiger partial charge in [-0.2, -0.15) is 0 Å². The highest BCUT2D eigenvalue weighted by Gasteiger charge is 2.12. The Bertz CT molecular complexity index is 566. The maximum absolute atomic E-state index is 11.5. The molecule has 2 amide bonds. The van der Waals surface area contributed by atoms with Gasteiger partial charge < -0.3 is 11.1 Å². The van der Waals surface area contributed by atoms with Crippen LogP contribution in [0.2, 0.25) is 0 Å². The number of carbonyl (C=O) groups excluding carboxylic acids is 2. The van der Waals surface area contributed by atoms with Gasteiger partial charge in [0.05, 0.1) is 17.0 Å². The van der Waals surface area contributed by atoms with Gasteiger partial charge >= 0.3 is 0 Å². The lowest BCUT2D eigenvalue weighted by molar-refractivity contribution is -0.115. The lowest BCUT2D eigenvalue weighted by Crippen LogP contribution is -2.20. The summed E-state index contributed by atoms with van der Waals surface area (Å²) in [4.78, 5) is 22.6. The number of carbonyl (C=O) groups is 2. The zero-order valence-electron chi connectivity index (χ0n) is 9.84. The maximum atomic E-state index is 11.5. The first-order valence-electron chi connectivity index (χ1n) is 5.16. The highest BCUT2D eigenvalue weighted by Crippen LogP contribution is 2.14. The van der Waals surface area contributed by atoms with Crippen LogP contribution in [0, 0.1) is 0 Å². The van der Waals surface area contributed by atoms with Crippen molar-refractivity contribution in [1.29, 1.82) is 0 Å². The van der Waals surface area contributed by atoms with E-state index in [4.69, 9.17) is 5.73 Å². The standard InChI is InChI=1S/C11H14N2O4S/c1-18(16,17)7-6-10(14)13-9-5-3-2-4-8(9)11(12)15/h2-5H,6-7H2,1H3,(H2,12,15)(H,13,14). The summed E-state index contributed by atoms with van der Waals surface area (Å²) < 4.78 is 21.8. The van der Waals surface area contributed by atoms with Crippen LogP contribution in [0.25, 0.3) is 0 Å². The zero-order valence-corrected chi connectivity index (χ0v) is 10.7. The van der Waals surface area contributed by atoms with Crippen LogP contribution in [0.15, 0.2) is 24.3 Å². The summed E-state index contributed by atoms with van der Waals surface area (Å²) in [6.07, 6.45) is 0.892. The fraction of sp³-hybridized carbons (Fsp3) is 0.273. The van der Waals surface area contributed by atoms with Crippen LogP contribution >= 0.6 is 0 Å². The molecule has 0 radical (unpaired) electrons. The Morgan fingerprint density at radius 1 is 1.28 bits per heavy atom. The van der Waals surface area contributed by atoms with Crippen molar-refractivity contribution in [2.45, 2.75) is 6.42 Å². The van der Waals surface area contributed by atoms with Gasteiger partial charge in [0.1, 0.15) is 9.84 Å². The number of amides is 2. The van der Waals surface area contributed by atoms with Crippen LogP contribution in [0.1, 0.15) is 16.8 Å². The molecular formula is C11H14N2O4S. The monoisotopic (exact) mass is 270 g/mol. The first kappa shape index (κ1) is 14.2. The maximum Gasteiger partial charge on any atom is 0.250 e. The summed E-state index contributed by atoms with van der Waals surface area (Å²) in [5.74, 6) is -1.37. The van der Waals surface area contributed by atoms with Crippen molar-refractivity contribution >= 4 is 27.3 Å². The van der Waals surface area contributed by atoms with Crippen molar-refractivity contribution in [3.8, 4) is 0 Å². The number of sulfone groups is 1.